The van der Waals surface area contributed by atoms with Gasteiger partial charge in [0, 0.05) is 47.9 Å². The molecule has 4 aromatic rings. The summed E-state index contributed by atoms with van der Waals surface area (Å²) in [6.07, 6.45) is 4.34. The number of imidazole rings is 1. The van der Waals surface area contributed by atoms with Crippen LogP contribution in [0, 0.1) is 0 Å². The molecule has 0 aliphatic heterocycles. The average Bonchev–Trinajstić information content (AvgIpc) is 3.44. The number of halogens is 1. The lowest BCUT2D eigenvalue weighted by Gasteiger charge is -2.21. The summed E-state index contributed by atoms with van der Waals surface area (Å²) < 4.78 is 12.5. The first-order chi connectivity index (χ1) is 14.1. The summed E-state index contributed by atoms with van der Waals surface area (Å²) in [5.41, 5.74) is 3.02. The summed E-state index contributed by atoms with van der Waals surface area (Å²) in [5, 5.41) is 2.78. The van der Waals surface area contributed by atoms with Crippen LogP contribution in [0.5, 0.6) is 0 Å². The largest absolute Gasteiger partial charge is 0.467 e. The SMILES string of the molecule is COCC(=O)N(CCc1csc2nc(-c3ccc(Cl)cc3)cn12)Cc1ccco1. The summed E-state index contributed by atoms with van der Waals surface area (Å²) in [7, 11) is 1.52. The van der Waals surface area contributed by atoms with E-state index in [4.69, 9.17) is 25.7 Å². The summed E-state index contributed by atoms with van der Waals surface area (Å²) in [5.74, 6) is 0.681. The van der Waals surface area contributed by atoms with Crippen molar-refractivity contribution in [1.29, 1.82) is 0 Å². The maximum Gasteiger partial charge on any atom is 0.248 e. The molecule has 150 valence electrons. The lowest BCUT2D eigenvalue weighted by molar-refractivity contribution is -0.136. The van der Waals surface area contributed by atoms with E-state index in [1.807, 2.05) is 42.6 Å². The number of rotatable bonds is 8. The van der Waals surface area contributed by atoms with E-state index in [2.05, 4.69) is 9.78 Å². The third kappa shape index (κ3) is 4.53. The Morgan fingerprint density at radius 1 is 1.31 bits per heavy atom. The van der Waals surface area contributed by atoms with Crippen molar-refractivity contribution >= 4 is 33.8 Å². The quantitative estimate of drug-likeness (QED) is 0.413. The maximum absolute atomic E-state index is 12.4. The molecule has 0 bridgehead atoms. The number of aromatic nitrogens is 2. The zero-order chi connectivity index (χ0) is 20.2. The van der Waals surface area contributed by atoms with Gasteiger partial charge in [-0.15, -0.1) is 11.3 Å². The first-order valence-electron chi connectivity index (χ1n) is 9.14. The summed E-state index contributed by atoms with van der Waals surface area (Å²) in [6.45, 7) is 1.02. The molecule has 0 saturated carbocycles. The number of ether oxygens (including phenoxy) is 1. The number of hydrogen-bond acceptors (Lipinski definition) is 5. The Hall–Kier alpha value is -2.61. The highest BCUT2D eigenvalue weighted by molar-refractivity contribution is 7.15. The number of furan rings is 1. The molecule has 0 atom stereocenters. The fraction of sp³-hybridized carbons (Fsp3) is 0.238. The van der Waals surface area contributed by atoms with Gasteiger partial charge in [-0.2, -0.15) is 0 Å². The van der Waals surface area contributed by atoms with Crippen LogP contribution in [0.3, 0.4) is 0 Å². The van der Waals surface area contributed by atoms with E-state index in [1.165, 1.54) is 7.11 Å². The second-order valence-electron chi connectivity index (χ2n) is 6.59. The lowest BCUT2D eigenvalue weighted by atomic mass is 10.2. The monoisotopic (exact) mass is 429 g/mol. The van der Waals surface area contributed by atoms with E-state index >= 15 is 0 Å². The van der Waals surface area contributed by atoms with Gasteiger partial charge in [0.15, 0.2) is 4.96 Å². The van der Waals surface area contributed by atoms with E-state index in [0.29, 0.717) is 24.5 Å². The van der Waals surface area contributed by atoms with Crippen molar-refractivity contribution in [2.45, 2.75) is 13.0 Å². The van der Waals surface area contributed by atoms with E-state index in [1.54, 1.807) is 22.5 Å². The van der Waals surface area contributed by atoms with Gasteiger partial charge >= 0.3 is 0 Å². The van der Waals surface area contributed by atoms with Gasteiger partial charge in [0.25, 0.3) is 0 Å². The average molecular weight is 430 g/mol. The smallest absolute Gasteiger partial charge is 0.248 e. The second kappa shape index (κ2) is 8.82. The number of carbonyl (C=O) groups excluding carboxylic acids is 1. The molecule has 0 unspecified atom stereocenters. The maximum atomic E-state index is 12.4. The van der Waals surface area contributed by atoms with Crippen LogP contribution < -0.4 is 0 Å². The molecule has 0 N–H and O–H groups in total. The van der Waals surface area contributed by atoms with Gasteiger partial charge in [-0.1, -0.05) is 23.7 Å². The third-order valence-electron chi connectivity index (χ3n) is 4.61. The minimum absolute atomic E-state index is 0.0472. The lowest BCUT2D eigenvalue weighted by Crippen LogP contribution is -2.35. The van der Waals surface area contributed by atoms with Gasteiger partial charge in [-0.05, 0) is 24.3 Å². The number of methoxy groups -OCH3 is 1. The Labute approximate surface area is 177 Å². The fourth-order valence-corrected chi connectivity index (χ4v) is 4.15. The molecule has 0 saturated heterocycles. The van der Waals surface area contributed by atoms with Crippen LogP contribution in [-0.2, 0) is 22.5 Å². The van der Waals surface area contributed by atoms with Crippen molar-refractivity contribution in [3.63, 3.8) is 0 Å². The van der Waals surface area contributed by atoms with Crippen LogP contribution in [0.2, 0.25) is 5.02 Å². The molecule has 8 heteroatoms. The van der Waals surface area contributed by atoms with Gasteiger partial charge in [0.1, 0.15) is 12.4 Å². The van der Waals surface area contributed by atoms with Crippen molar-refractivity contribution in [2.24, 2.45) is 0 Å². The molecule has 1 amide bonds. The molecule has 0 fully saturated rings. The van der Waals surface area contributed by atoms with Crippen LogP contribution in [0.1, 0.15) is 11.5 Å². The van der Waals surface area contributed by atoms with Crippen LogP contribution in [0.4, 0.5) is 0 Å². The van der Waals surface area contributed by atoms with E-state index < -0.39 is 0 Å². The molecular weight excluding hydrogens is 410 g/mol. The predicted octanol–water partition coefficient (Wildman–Crippen LogP) is 4.53. The van der Waals surface area contributed by atoms with Gasteiger partial charge in [0.2, 0.25) is 5.91 Å². The van der Waals surface area contributed by atoms with Gasteiger partial charge < -0.3 is 14.1 Å². The summed E-state index contributed by atoms with van der Waals surface area (Å²) in [4.78, 5) is 19.8. The highest BCUT2D eigenvalue weighted by Crippen LogP contribution is 2.25. The molecule has 29 heavy (non-hydrogen) atoms. The van der Waals surface area contributed by atoms with Crippen molar-refractivity contribution in [3.05, 3.63) is 70.7 Å². The topological polar surface area (TPSA) is 60.0 Å². The number of benzene rings is 1. The number of amides is 1. The summed E-state index contributed by atoms with van der Waals surface area (Å²) >= 11 is 7.57. The molecule has 4 rings (SSSR count). The first-order valence-corrected chi connectivity index (χ1v) is 10.4. The molecule has 3 heterocycles. The Morgan fingerprint density at radius 2 is 2.14 bits per heavy atom. The highest BCUT2D eigenvalue weighted by Gasteiger charge is 2.17. The standard InChI is InChI=1S/C21H20ClN3O3S/c1-27-13-20(26)24(11-18-3-2-10-28-18)9-8-17-14-29-21-23-19(12-25(17)21)15-4-6-16(22)7-5-15/h2-7,10,12,14H,8-9,11,13H2,1H3. The van der Waals surface area contributed by atoms with Crippen molar-refractivity contribution in [3.8, 4) is 11.3 Å². The molecule has 0 aliphatic rings. The van der Waals surface area contributed by atoms with Gasteiger partial charge in [-0.3, -0.25) is 9.20 Å². The molecular formula is C21H20ClN3O3S. The van der Waals surface area contributed by atoms with Crippen LogP contribution >= 0.6 is 22.9 Å². The molecule has 3 aromatic heterocycles. The van der Waals surface area contributed by atoms with Gasteiger partial charge in [-0.25, -0.2) is 4.98 Å². The zero-order valence-electron chi connectivity index (χ0n) is 15.9. The van der Waals surface area contributed by atoms with Crippen LogP contribution in [0.15, 0.2) is 58.7 Å². The minimum atomic E-state index is -0.0668. The number of carbonyl (C=O) groups is 1. The number of hydrogen-bond donors (Lipinski definition) is 0. The van der Waals surface area contributed by atoms with E-state index in [0.717, 1.165) is 27.7 Å². The Morgan fingerprint density at radius 3 is 2.86 bits per heavy atom. The fourth-order valence-electron chi connectivity index (χ4n) is 3.12. The number of nitrogens with zero attached hydrogens (tertiary/aromatic N) is 3. The Balaban J connectivity index is 1.51. The predicted molar refractivity (Wildman–Crippen MR) is 113 cm³/mol. The minimum Gasteiger partial charge on any atom is -0.467 e. The number of thiazole rings is 1. The van der Waals surface area contributed by atoms with Crippen LogP contribution in [0.25, 0.3) is 16.2 Å². The molecule has 0 radical (unpaired) electrons. The van der Waals surface area contributed by atoms with Crippen molar-refractivity contribution in [1.82, 2.24) is 14.3 Å². The van der Waals surface area contributed by atoms with Crippen molar-refractivity contribution < 1.29 is 13.9 Å². The Kier molecular flexibility index (Phi) is 5.99. The molecule has 0 spiro atoms. The second-order valence-corrected chi connectivity index (χ2v) is 7.86. The number of fused-ring (bicyclic) bond motifs is 1. The van der Waals surface area contributed by atoms with E-state index in [9.17, 15) is 4.79 Å². The van der Waals surface area contributed by atoms with E-state index in [-0.39, 0.29) is 12.5 Å². The molecule has 6 nitrogen and oxygen atoms in total. The molecule has 0 aliphatic carbocycles. The van der Waals surface area contributed by atoms with Gasteiger partial charge in [0.05, 0.1) is 18.5 Å². The Bertz CT molecular complexity index is 1090. The zero-order valence-corrected chi connectivity index (χ0v) is 17.4. The summed E-state index contributed by atoms with van der Waals surface area (Å²) in [6, 6.07) is 11.3. The third-order valence-corrected chi connectivity index (χ3v) is 5.75. The highest BCUT2D eigenvalue weighted by atomic mass is 35.5. The van der Waals surface area contributed by atoms with Crippen molar-refractivity contribution in [2.75, 3.05) is 20.3 Å². The normalized spacial score (nSPS) is 11.2. The first kappa shape index (κ1) is 19.7. The van der Waals surface area contributed by atoms with Crippen LogP contribution in [-0.4, -0.2) is 40.5 Å². The molecule has 1 aromatic carbocycles.